The van der Waals surface area contributed by atoms with Crippen LogP contribution in [0.5, 0.6) is 0 Å². The van der Waals surface area contributed by atoms with Crippen LogP contribution >= 0.6 is 0 Å². The monoisotopic (exact) mass is 182 g/mol. The zero-order valence-corrected chi connectivity index (χ0v) is 7.70. The number of aliphatic hydroxyl groups is 1. The Kier molecular flexibility index (Phi) is 4.73. The summed E-state index contributed by atoms with van der Waals surface area (Å²) < 4.78 is 0. The van der Waals surface area contributed by atoms with Gasteiger partial charge in [0.15, 0.2) is 0 Å². The van der Waals surface area contributed by atoms with E-state index in [2.05, 4.69) is 23.7 Å². The molecule has 0 heterocycles. The topological polar surface area (TPSA) is 20.2 Å². The first-order valence-corrected chi connectivity index (χ1v) is 4.24. The Morgan fingerprint density at radius 2 is 1.79 bits per heavy atom. The summed E-state index contributed by atoms with van der Waals surface area (Å²) in [7, 11) is 0. The van der Waals surface area contributed by atoms with E-state index in [1.54, 1.807) is 12.2 Å². The van der Waals surface area contributed by atoms with Gasteiger partial charge in [0.05, 0.1) is 0 Å². The van der Waals surface area contributed by atoms with Crippen LogP contribution in [0.1, 0.15) is 5.56 Å². The van der Waals surface area contributed by atoms with Gasteiger partial charge in [0.25, 0.3) is 0 Å². The Labute approximate surface area is 84.1 Å². The number of hydrogen-bond acceptors (Lipinski definition) is 1. The van der Waals surface area contributed by atoms with Crippen LogP contribution in [0, 0.1) is 23.7 Å². The largest absolute Gasteiger partial charge is 0.384 e. The quantitative estimate of drug-likeness (QED) is 0.604. The fourth-order valence-corrected chi connectivity index (χ4v) is 0.834. The molecule has 0 unspecified atom stereocenters. The Hall–Kier alpha value is -1.96. The highest BCUT2D eigenvalue weighted by molar-refractivity contribution is 5.37. The second-order valence-corrected chi connectivity index (χ2v) is 2.45. The minimum absolute atomic E-state index is 0.115. The molecule has 0 bridgehead atoms. The van der Waals surface area contributed by atoms with Crippen molar-refractivity contribution in [1.29, 1.82) is 0 Å². The van der Waals surface area contributed by atoms with Crippen LogP contribution in [0.3, 0.4) is 0 Å². The molecule has 0 radical (unpaired) electrons. The fourth-order valence-electron chi connectivity index (χ4n) is 0.834. The van der Waals surface area contributed by atoms with Crippen molar-refractivity contribution < 1.29 is 5.11 Å². The first-order chi connectivity index (χ1) is 6.93. The van der Waals surface area contributed by atoms with Gasteiger partial charge in [-0.25, -0.2) is 0 Å². The molecule has 0 aromatic heterocycles. The molecule has 1 aromatic carbocycles. The number of aliphatic hydroxyl groups excluding tert-OH is 1. The molecular formula is C13H10O. The zero-order chi connectivity index (χ0) is 10.1. The summed E-state index contributed by atoms with van der Waals surface area (Å²) in [6, 6.07) is 9.73. The maximum Gasteiger partial charge on any atom is 0.104 e. The molecule has 1 nitrogen and oxygen atoms in total. The van der Waals surface area contributed by atoms with Crippen molar-refractivity contribution in [2.75, 3.05) is 6.61 Å². The van der Waals surface area contributed by atoms with E-state index in [9.17, 15) is 0 Å². The van der Waals surface area contributed by atoms with E-state index in [0.29, 0.717) is 0 Å². The lowest BCUT2D eigenvalue weighted by Crippen LogP contribution is -1.69. The highest BCUT2D eigenvalue weighted by Crippen LogP contribution is 1.94. The van der Waals surface area contributed by atoms with Crippen LogP contribution in [0.15, 0.2) is 42.5 Å². The van der Waals surface area contributed by atoms with E-state index in [1.807, 2.05) is 30.3 Å². The van der Waals surface area contributed by atoms with Gasteiger partial charge in [-0.3, -0.25) is 0 Å². The van der Waals surface area contributed by atoms with Crippen molar-refractivity contribution >= 4 is 0 Å². The highest BCUT2D eigenvalue weighted by Gasteiger charge is 1.78. The molecule has 0 saturated carbocycles. The van der Waals surface area contributed by atoms with Gasteiger partial charge in [0.1, 0.15) is 6.61 Å². The number of allylic oxidation sites excluding steroid dienone is 2. The van der Waals surface area contributed by atoms with E-state index < -0.39 is 0 Å². The summed E-state index contributed by atoms with van der Waals surface area (Å²) in [5.74, 6) is 10.9. The summed E-state index contributed by atoms with van der Waals surface area (Å²) in [5.41, 5.74) is 0.979. The Morgan fingerprint density at radius 3 is 2.50 bits per heavy atom. The molecule has 0 amide bonds. The van der Waals surface area contributed by atoms with E-state index in [4.69, 9.17) is 5.11 Å². The molecule has 0 aliphatic heterocycles. The molecule has 0 spiro atoms. The second kappa shape index (κ2) is 6.54. The minimum atomic E-state index is -0.115. The molecule has 68 valence electrons. The maximum absolute atomic E-state index is 8.36. The molecular weight excluding hydrogens is 172 g/mol. The van der Waals surface area contributed by atoms with Crippen LogP contribution in [0.2, 0.25) is 0 Å². The van der Waals surface area contributed by atoms with Crippen molar-refractivity contribution in [1.82, 2.24) is 0 Å². The van der Waals surface area contributed by atoms with Crippen molar-refractivity contribution in [3.63, 3.8) is 0 Å². The fraction of sp³-hybridized carbons (Fsp3) is 0.0769. The predicted molar refractivity (Wildman–Crippen MR) is 57.3 cm³/mol. The lowest BCUT2D eigenvalue weighted by Gasteiger charge is -1.83. The van der Waals surface area contributed by atoms with E-state index in [0.717, 1.165) is 5.56 Å². The Bertz CT molecular complexity index is 407. The molecule has 1 rings (SSSR count). The molecule has 1 N–H and O–H groups in total. The summed E-state index contributed by atoms with van der Waals surface area (Å²) in [4.78, 5) is 0. The normalized spacial score (nSPS) is 8.64. The summed E-state index contributed by atoms with van der Waals surface area (Å²) in [6.45, 7) is -0.115. The third kappa shape index (κ3) is 4.16. The standard InChI is InChI=1S/C13H10O/c14-12-8-3-1-2-5-9-13-10-6-4-7-11-13/h1-2,4,6-7,10-11,14H,12H2/b2-1+. The van der Waals surface area contributed by atoms with Crippen molar-refractivity contribution in [3.05, 3.63) is 48.0 Å². The Morgan fingerprint density at radius 1 is 1.07 bits per heavy atom. The van der Waals surface area contributed by atoms with E-state index in [1.165, 1.54) is 0 Å². The lowest BCUT2D eigenvalue weighted by atomic mass is 10.2. The van der Waals surface area contributed by atoms with Gasteiger partial charge in [-0.1, -0.05) is 41.9 Å². The molecule has 0 aliphatic rings. The zero-order valence-electron chi connectivity index (χ0n) is 7.70. The Balaban J connectivity index is 2.53. The molecule has 14 heavy (non-hydrogen) atoms. The number of rotatable bonds is 0. The third-order valence-corrected chi connectivity index (χ3v) is 1.42. The van der Waals surface area contributed by atoms with Crippen LogP contribution in [-0.4, -0.2) is 11.7 Å². The molecule has 1 aromatic rings. The van der Waals surface area contributed by atoms with Crippen LogP contribution in [0.4, 0.5) is 0 Å². The van der Waals surface area contributed by atoms with Gasteiger partial charge in [0, 0.05) is 5.56 Å². The van der Waals surface area contributed by atoms with Crippen molar-refractivity contribution in [2.45, 2.75) is 0 Å². The van der Waals surface area contributed by atoms with Crippen molar-refractivity contribution in [2.24, 2.45) is 0 Å². The second-order valence-electron chi connectivity index (χ2n) is 2.45. The molecule has 1 heteroatoms. The van der Waals surface area contributed by atoms with E-state index in [-0.39, 0.29) is 6.61 Å². The van der Waals surface area contributed by atoms with Gasteiger partial charge >= 0.3 is 0 Å². The van der Waals surface area contributed by atoms with Gasteiger partial charge in [-0.15, -0.1) is 0 Å². The number of hydrogen-bond donors (Lipinski definition) is 1. The average molecular weight is 182 g/mol. The first kappa shape index (κ1) is 10.1. The van der Waals surface area contributed by atoms with Crippen LogP contribution in [-0.2, 0) is 0 Å². The minimum Gasteiger partial charge on any atom is -0.384 e. The summed E-state index contributed by atoms with van der Waals surface area (Å²) >= 11 is 0. The molecule has 0 atom stereocenters. The van der Waals surface area contributed by atoms with Crippen LogP contribution < -0.4 is 0 Å². The maximum atomic E-state index is 8.36. The predicted octanol–water partition coefficient (Wildman–Crippen LogP) is 1.59. The van der Waals surface area contributed by atoms with Crippen molar-refractivity contribution in [3.8, 4) is 23.7 Å². The summed E-state index contributed by atoms with van der Waals surface area (Å²) in [5, 5.41) is 8.36. The van der Waals surface area contributed by atoms with Gasteiger partial charge in [0.2, 0.25) is 0 Å². The SMILES string of the molecule is OCC#C/C=C/C#Cc1ccccc1. The molecule has 0 saturated heterocycles. The third-order valence-electron chi connectivity index (χ3n) is 1.42. The van der Waals surface area contributed by atoms with Gasteiger partial charge in [-0.2, -0.15) is 0 Å². The van der Waals surface area contributed by atoms with Gasteiger partial charge in [-0.05, 0) is 24.3 Å². The first-order valence-electron chi connectivity index (χ1n) is 4.24. The average Bonchev–Trinajstić information content (AvgIpc) is 2.25. The number of benzene rings is 1. The smallest absolute Gasteiger partial charge is 0.104 e. The van der Waals surface area contributed by atoms with Gasteiger partial charge < -0.3 is 5.11 Å². The van der Waals surface area contributed by atoms with Crippen LogP contribution in [0.25, 0.3) is 0 Å². The molecule has 0 fully saturated rings. The molecule has 0 aliphatic carbocycles. The lowest BCUT2D eigenvalue weighted by molar-refractivity contribution is 0.350. The summed E-state index contributed by atoms with van der Waals surface area (Å²) in [6.07, 6.45) is 3.28. The highest BCUT2D eigenvalue weighted by atomic mass is 16.2. The van der Waals surface area contributed by atoms with E-state index >= 15 is 0 Å².